The lowest BCUT2D eigenvalue weighted by molar-refractivity contribution is -0.127. The molecule has 6 amide bonds. The first-order valence-electron chi connectivity index (χ1n) is 12.6. The fourth-order valence-corrected chi connectivity index (χ4v) is 4.55. The first-order valence-corrected chi connectivity index (χ1v) is 12.6. The van der Waals surface area contributed by atoms with Crippen molar-refractivity contribution in [2.45, 2.75) is 73.1 Å². The van der Waals surface area contributed by atoms with Gasteiger partial charge in [-0.3, -0.25) is 19.4 Å². The highest BCUT2D eigenvalue weighted by Gasteiger charge is 2.38. The molecule has 2 saturated heterocycles. The van der Waals surface area contributed by atoms with Gasteiger partial charge in [-0.25, -0.2) is 9.59 Å². The molecule has 0 aromatic carbocycles. The molecule has 2 fully saturated rings. The Labute approximate surface area is 204 Å². The summed E-state index contributed by atoms with van der Waals surface area (Å²) in [6.07, 6.45) is 5.72. The molecule has 0 bridgehead atoms. The Balaban J connectivity index is 1.54. The van der Waals surface area contributed by atoms with Crippen molar-refractivity contribution in [2.75, 3.05) is 53.0 Å². The average molecular weight is 481 g/mol. The van der Waals surface area contributed by atoms with E-state index in [9.17, 15) is 19.2 Å². The van der Waals surface area contributed by atoms with Crippen molar-refractivity contribution in [2.24, 2.45) is 10.8 Å². The predicted octanol–water partition coefficient (Wildman–Crippen LogP) is 3.57. The van der Waals surface area contributed by atoms with E-state index < -0.39 is 0 Å². The van der Waals surface area contributed by atoms with E-state index in [1.54, 1.807) is 11.9 Å². The van der Waals surface area contributed by atoms with Crippen molar-refractivity contribution < 1.29 is 23.9 Å². The lowest BCUT2D eigenvalue weighted by atomic mass is 9.86. The Hall–Kier alpha value is -2.16. The second kappa shape index (κ2) is 12.0. The van der Waals surface area contributed by atoms with Gasteiger partial charge >= 0.3 is 12.1 Å². The van der Waals surface area contributed by atoms with Gasteiger partial charge in [0.1, 0.15) is 13.1 Å². The number of unbranched alkanes of at least 4 members (excludes halogenated alkanes) is 2. The van der Waals surface area contributed by atoms with Crippen LogP contribution in [0.5, 0.6) is 0 Å². The van der Waals surface area contributed by atoms with Crippen molar-refractivity contribution >= 4 is 23.9 Å². The van der Waals surface area contributed by atoms with E-state index in [4.69, 9.17) is 4.74 Å². The molecule has 34 heavy (non-hydrogen) atoms. The summed E-state index contributed by atoms with van der Waals surface area (Å²) in [5, 5.41) is 0. The Morgan fingerprint density at radius 1 is 0.735 bits per heavy atom. The van der Waals surface area contributed by atoms with E-state index >= 15 is 0 Å². The standard InChI is InChI=1S/C25H44N4O5/c1-7-27-17-21(31)29(23(27)33)19-25(4,5)13-9-11-15-34-14-10-8-12-24(2,3)18-28-20(30)16-26(6)22(28)32/h7-19H2,1-6H3. The molecule has 0 aliphatic carbocycles. The largest absolute Gasteiger partial charge is 0.381 e. The summed E-state index contributed by atoms with van der Waals surface area (Å²) in [5.74, 6) is -0.217. The fraction of sp³-hybridized carbons (Fsp3) is 0.840. The van der Waals surface area contributed by atoms with Crippen molar-refractivity contribution in [1.29, 1.82) is 0 Å². The summed E-state index contributed by atoms with van der Waals surface area (Å²) < 4.78 is 5.79. The number of likely N-dealkylation sites (N-methyl/N-ethyl adjacent to an activating group) is 2. The number of carbonyl (C=O) groups is 4. The third kappa shape index (κ3) is 7.96. The van der Waals surface area contributed by atoms with Crippen LogP contribution in [-0.4, -0.2) is 96.5 Å². The zero-order valence-electron chi connectivity index (χ0n) is 22.0. The molecule has 9 nitrogen and oxygen atoms in total. The number of nitrogens with zero attached hydrogens (tertiary/aromatic N) is 4. The van der Waals surface area contributed by atoms with Gasteiger partial charge in [-0.1, -0.05) is 40.5 Å². The minimum atomic E-state index is -0.203. The van der Waals surface area contributed by atoms with Crippen LogP contribution < -0.4 is 0 Å². The second-order valence-corrected chi connectivity index (χ2v) is 11.3. The molecule has 2 aliphatic heterocycles. The van der Waals surface area contributed by atoms with Crippen LogP contribution in [0.2, 0.25) is 0 Å². The number of urea groups is 2. The van der Waals surface area contributed by atoms with Gasteiger partial charge in [0, 0.05) is 39.9 Å². The predicted molar refractivity (Wildman–Crippen MR) is 130 cm³/mol. The fourth-order valence-electron chi connectivity index (χ4n) is 4.55. The highest BCUT2D eigenvalue weighted by Crippen LogP contribution is 2.28. The summed E-state index contributed by atoms with van der Waals surface area (Å²) in [6, 6.07) is -0.371. The third-order valence-corrected chi connectivity index (χ3v) is 6.70. The molecule has 0 aromatic rings. The van der Waals surface area contributed by atoms with Crippen molar-refractivity contribution in [1.82, 2.24) is 19.6 Å². The van der Waals surface area contributed by atoms with Crippen molar-refractivity contribution in [3.63, 3.8) is 0 Å². The molecule has 0 saturated carbocycles. The molecule has 0 aromatic heterocycles. The van der Waals surface area contributed by atoms with E-state index in [0.717, 1.165) is 38.5 Å². The van der Waals surface area contributed by atoms with Gasteiger partial charge in [-0.15, -0.1) is 0 Å². The van der Waals surface area contributed by atoms with Gasteiger partial charge in [0.25, 0.3) is 0 Å². The van der Waals surface area contributed by atoms with Gasteiger partial charge in [0.2, 0.25) is 11.8 Å². The molecule has 0 atom stereocenters. The van der Waals surface area contributed by atoms with Crippen LogP contribution in [-0.2, 0) is 14.3 Å². The third-order valence-electron chi connectivity index (χ3n) is 6.70. The SMILES string of the molecule is CCN1CC(=O)N(CC(C)(C)CCCCOCCCCC(C)(C)CN2C(=O)CN(C)C2=O)C1=O. The lowest BCUT2D eigenvalue weighted by Crippen LogP contribution is -2.39. The van der Waals surface area contributed by atoms with Gasteiger partial charge in [0.05, 0.1) is 0 Å². The minimum absolute atomic E-state index is 0.0996. The molecule has 9 heteroatoms. The molecule has 2 aliphatic rings. The van der Waals surface area contributed by atoms with Gasteiger partial charge < -0.3 is 14.5 Å². The van der Waals surface area contributed by atoms with Gasteiger partial charge in [-0.05, 0) is 43.4 Å². The maximum Gasteiger partial charge on any atom is 0.327 e. The quantitative estimate of drug-likeness (QED) is 0.264. The van der Waals surface area contributed by atoms with E-state index in [2.05, 4.69) is 27.7 Å². The maximum atomic E-state index is 12.3. The van der Waals surface area contributed by atoms with E-state index in [0.29, 0.717) is 32.8 Å². The molecule has 194 valence electrons. The highest BCUT2D eigenvalue weighted by atomic mass is 16.5. The van der Waals surface area contributed by atoms with Crippen LogP contribution in [0.3, 0.4) is 0 Å². The van der Waals surface area contributed by atoms with Crippen molar-refractivity contribution in [3.05, 3.63) is 0 Å². The number of amides is 6. The molecular weight excluding hydrogens is 436 g/mol. The summed E-state index contributed by atoms with van der Waals surface area (Å²) in [7, 11) is 1.65. The topological polar surface area (TPSA) is 90.5 Å². The van der Waals surface area contributed by atoms with Crippen LogP contribution in [0.15, 0.2) is 0 Å². The second-order valence-electron chi connectivity index (χ2n) is 11.3. The molecule has 0 N–H and O–H groups in total. The molecule has 0 spiro atoms. The number of imide groups is 2. The van der Waals surface area contributed by atoms with Crippen LogP contribution in [0, 0.1) is 10.8 Å². The van der Waals surface area contributed by atoms with Crippen LogP contribution in [0.1, 0.15) is 73.1 Å². The first kappa shape index (κ1) is 28.1. The van der Waals surface area contributed by atoms with Crippen molar-refractivity contribution in [3.8, 4) is 0 Å². The number of rotatable bonds is 15. The first-order chi connectivity index (χ1) is 15.9. The van der Waals surface area contributed by atoms with Gasteiger partial charge in [0.15, 0.2) is 0 Å². The van der Waals surface area contributed by atoms with Gasteiger partial charge in [-0.2, -0.15) is 0 Å². The smallest absolute Gasteiger partial charge is 0.327 e. The Morgan fingerprint density at radius 2 is 1.21 bits per heavy atom. The Kier molecular flexibility index (Phi) is 9.91. The van der Waals surface area contributed by atoms with E-state index in [1.807, 2.05) is 6.92 Å². The minimum Gasteiger partial charge on any atom is -0.381 e. The average Bonchev–Trinajstić information content (AvgIpc) is 3.15. The number of ether oxygens (including phenoxy) is 1. The van der Waals surface area contributed by atoms with Crippen LogP contribution >= 0.6 is 0 Å². The number of hydrogen-bond acceptors (Lipinski definition) is 5. The summed E-state index contributed by atoms with van der Waals surface area (Å²) >= 11 is 0. The maximum absolute atomic E-state index is 12.3. The van der Waals surface area contributed by atoms with Crippen LogP contribution in [0.4, 0.5) is 9.59 Å². The number of hydrogen-bond donors (Lipinski definition) is 0. The zero-order valence-corrected chi connectivity index (χ0v) is 22.0. The molecule has 0 radical (unpaired) electrons. The summed E-state index contributed by atoms with van der Waals surface area (Å²) in [4.78, 5) is 54.3. The molecule has 2 heterocycles. The zero-order chi connectivity index (χ0) is 25.5. The normalized spacial score (nSPS) is 17.7. The number of carbonyl (C=O) groups excluding carboxylic acids is 4. The van der Waals surface area contributed by atoms with E-state index in [-0.39, 0.29) is 47.8 Å². The monoisotopic (exact) mass is 480 g/mol. The molecular formula is C25H44N4O5. The van der Waals surface area contributed by atoms with Crippen LogP contribution in [0.25, 0.3) is 0 Å². The highest BCUT2D eigenvalue weighted by molar-refractivity contribution is 6.02. The Morgan fingerprint density at radius 3 is 1.62 bits per heavy atom. The summed E-state index contributed by atoms with van der Waals surface area (Å²) in [6.45, 7) is 13.5. The lowest BCUT2D eigenvalue weighted by Gasteiger charge is -2.29. The molecule has 2 rings (SSSR count). The molecule has 0 unspecified atom stereocenters. The Bertz CT molecular complexity index is 752. The van der Waals surface area contributed by atoms with E-state index in [1.165, 1.54) is 14.7 Å². The summed E-state index contributed by atoms with van der Waals surface area (Å²) in [5.41, 5.74) is -0.234.